The molecule has 0 aromatic heterocycles. The van der Waals surface area contributed by atoms with E-state index in [1.54, 1.807) is 51.1 Å². The number of amides is 1. The van der Waals surface area contributed by atoms with Gasteiger partial charge in [-0.1, -0.05) is 56.1 Å². The van der Waals surface area contributed by atoms with E-state index in [9.17, 15) is 19.8 Å². The van der Waals surface area contributed by atoms with E-state index in [1.165, 1.54) is 17.0 Å². The van der Waals surface area contributed by atoms with Crippen molar-refractivity contribution >= 4 is 40.6 Å². The van der Waals surface area contributed by atoms with Crippen LogP contribution in [0.2, 0.25) is 10.0 Å². The number of ketones is 1. The molecule has 0 radical (unpaired) electrons. The Kier molecular flexibility index (Phi) is 5.17. The van der Waals surface area contributed by atoms with E-state index in [1.807, 2.05) is 0 Å². The molecule has 5 nitrogen and oxygen atoms in total. The molecule has 0 aliphatic carbocycles. The number of aliphatic hydroxyl groups excluding tert-OH is 1. The number of aromatic hydroxyl groups is 1. The molecule has 3 rings (SSSR count). The molecule has 2 N–H and O–H groups in total. The first-order valence-corrected chi connectivity index (χ1v) is 9.33. The minimum absolute atomic E-state index is 0.0146. The van der Waals surface area contributed by atoms with E-state index in [4.69, 9.17) is 23.2 Å². The third-order valence-electron chi connectivity index (χ3n) is 4.51. The Hall–Kier alpha value is -2.50. The Morgan fingerprint density at radius 1 is 1.07 bits per heavy atom. The number of aliphatic hydroxyl groups is 1. The fourth-order valence-electron chi connectivity index (χ4n) is 3.14. The van der Waals surface area contributed by atoms with Gasteiger partial charge in [0.05, 0.1) is 16.6 Å². The number of Topliss-reactive ketones (excluding diaryl/α,β-unsaturated/α-hetero) is 1. The van der Waals surface area contributed by atoms with E-state index >= 15 is 0 Å². The van der Waals surface area contributed by atoms with Gasteiger partial charge in [0.15, 0.2) is 11.5 Å². The lowest BCUT2D eigenvalue weighted by molar-refractivity contribution is -0.123. The summed E-state index contributed by atoms with van der Waals surface area (Å²) in [5.41, 5.74) is 0.0642. The summed E-state index contributed by atoms with van der Waals surface area (Å²) >= 11 is 12.1. The van der Waals surface area contributed by atoms with Crippen molar-refractivity contribution in [1.82, 2.24) is 0 Å². The van der Waals surface area contributed by atoms with Gasteiger partial charge in [0.25, 0.3) is 5.91 Å². The molecule has 2 aromatic rings. The van der Waals surface area contributed by atoms with Gasteiger partial charge >= 0.3 is 0 Å². The average molecular weight is 420 g/mol. The van der Waals surface area contributed by atoms with Crippen molar-refractivity contribution in [3.8, 4) is 5.75 Å². The summed E-state index contributed by atoms with van der Waals surface area (Å²) in [6.45, 7) is 5.13. The maximum atomic E-state index is 13.1. The third-order valence-corrected chi connectivity index (χ3v) is 5.05. The Morgan fingerprint density at radius 3 is 2.32 bits per heavy atom. The molecule has 0 saturated carbocycles. The number of hydrogen-bond acceptors (Lipinski definition) is 4. The van der Waals surface area contributed by atoms with Gasteiger partial charge in [-0.2, -0.15) is 0 Å². The normalized spacial score (nSPS) is 17.4. The van der Waals surface area contributed by atoms with Crippen LogP contribution in [-0.4, -0.2) is 21.9 Å². The highest BCUT2D eigenvalue weighted by Crippen LogP contribution is 2.44. The second-order valence-corrected chi connectivity index (χ2v) is 8.45. The predicted octanol–water partition coefficient (Wildman–Crippen LogP) is 5.21. The Bertz CT molecular complexity index is 1010. The number of nitrogens with zero attached hydrogens (tertiary/aromatic N) is 1. The molecule has 1 unspecified atom stereocenters. The van der Waals surface area contributed by atoms with Gasteiger partial charge in [0.1, 0.15) is 5.75 Å². The molecule has 28 heavy (non-hydrogen) atoms. The third kappa shape index (κ3) is 3.48. The number of halogens is 2. The molecule has 0 spiro atoms. The second kappa shape index (κ2) is 7.15. The number of carbonyl (C=O) groups excluding carboxylic acids is 2. The number of carbonyl (C=O) groups is 2. The summed E-state index contributed by atoms with van der Waals surface area (Å²) in [4.78, 5) is 27.3. The highest BCUT2D eigenvalue weighted by atomic mass is 35.5. The standard InChI is InChI=1S/C21H19Cl2NO4/c1-21(2,3)19(27)16-17(11-7-8-15(25)14(23)9-11)24(20(28)18(16)26)13-6-4-5-12(22)10-13/h4-10,17,25-26H,1-3H3. The van der Waals surface area contributed by atoms with Crippen molar-refractivity contribution in [1.29, 1.82) is 0 Å². The van der Waals surface area contributed by atoms with Crippen LogP contribution in [0.4, 0.5) is 5.69 Å². The summed E-state index contributed by atoms with van der Waals surface area (Å²) < 4.78 is 0. The molecule has 1 aliphatic heterocycles. The van der Waals surface area contributed by atoms with Crippen molar-refractivity contribution in [3.63, 3.8) is 0 Å². The zero-order valence-electron chi connectivity index (χ0n) is 15.5. The Morgan fingerprint density at radius 2 is 1.75 bits per heavy atom. The lowest BCUT2D eigenvalue weighted by Gasteiger charge is -2.29. The van der Waals surface area contributed by atoms with Crippen molar-refractivity contribution < 1.29 is 19.8 Å². The number of rotatable bonds is 3. The highest BCUT2D eigenvalue weighted by molar-refractivity contribution is 6.32. The van der Waals surface area contributed by atoms with Gasteiger partial charge in [-0.3, -0.25) is 14.5 Å². The summed E-state index contributed by atoms with van der Waals surface area (Å²) in [5.74, 6) is -1.80. The lowest BCUT2D eigenvalue weighted by Crippen LogP contribution is -2.32. The van der Waals surface area contributed by atoms with Gasteiger partial charge < -0.3 is 10.2 Å². The van der Waals surface area contributed by atoms with Crippen LogP contribution < -0.4 is 4.90 Å². The monoisotopic (exact) mass is 419 g/mol. The van der Waals surface area contributed by atoms with Gasteiger partial charge in [-0.15, -0.1) is 0 Å². The van der Waals surface area contributed by atoms with E-state index < -0.39 is 23.1 Å². The number of anilines is 1. The maximum Gasteiger partial charge on any atom is 0.294 e. The SMILES string of the molecule is CC(C)(C)C(=O)C1=C(O)C(=O)N(c2cccc(Cl)c2)C1c1ccc(O)c(Cl)c1. The van der Waals surface area contributed by atoms with E-state index in [0.717, 1.165) is 0 Å². The van der Waals surface area contributed by atoms with Crippen molar-refractivity contribution in [2.75, 3.05) is 4.90 Å². The quantitative estimate of drug-likeness (QED) is 0.714. The zero-order chi connectivity index (χ0) is 20.8. The molecule has 0 fully saturated rings. The second-order valence-electron chi connectivity index (χ2n) is 7.61. The highest BCUT2D eigenvalue weighted by Gasteiger charge is 2.46. The molecule has 0 bridgehead atoms. The van der Waals surface area contributed by atoms with Crippen LogP contribution in [-0.2, 0) is 9.59 Å². The molecular formula is C21H19Cl2NO4. The number of phenolic OH excluding ortho intramolecular Hbond substituents is 1. The van der Waals surface area contributed by atoms with Crippen LogP contribution in [0.1, 0.15) is 32.4 Å². The van der Waals surface area contributed by atoms with Gasteiger partial charge in [-0.25, -0.2) is 0 Å². The van der Waals surface area contributed by atoms with E-state index in [2.05, 4.69) is 0 Å². The van der Waals surface area contributed by atoms with Crippen molar-refractivity contribution in [2.24, 2.45) is 5.41 Å². The Balaban J connectivity index is 2.24. The molecular weight excluding hydrogens is 401 g/mol. The van der Waals surface area contributed by atoms with Crippen LogP contribution in [0.5, 0.6) is 5.75 Å². The molecule has 2 aromatic carbocycles. The predicted molar refractivity (Wildman–Crippen MR) is 109 cm³/mol. The molecule has 7 heteroatoms. The van der Waals surface area contributed by atoms with E-state index in [0.29, 0.717) is 16.3 Å². The van der Waals surface area contributed by atoms with Gasteiger partial charge in [0, 0.05) is 16.1 Å². The summed E-state index contributed by atoms with van der Waals surface area (Å²) in [5, 5.41) is 20.8. The maximum absolute atomic E-state index is 13.1. The fourth-order valence-corrected chi connectivity index (χ4v) is 3.52. The first-order chi connectivity index (χ1) is 13.0. The average Bonchev–Trinajstić information content (AvgIpc) is 2.87. The van der Waals surface area contributed by atoms with Crippen LogP contribution in [0.3, 0.4) is 0 Å². The largest absolute Gasteiger partial charge is 0.506 e. The topological polar surface area (TPSA) is 77.8 Å². The molecule has 1 aliphatic rings. The first-order valence-electron chi connectivity index (χ1n) is 8.58. The molecule has 1 heterocycles. The van der Waals surface area contributed by atoms with Gasteiger partial charge in [-0.05, 0) is 35.9 Å². The lowest BCUT2D eigenvalue weighted by atomic mass is 9.82. The van der Waals surface area contributed by atoms with Crippen LogP contribution >= 0.6 is 23.2 Å². The number of phenols is 1. The minimum Gasteiger partial charge on any atom is -0.506 e. The smallest absolute Gasteiger partial charge is 0.294 e. The van der Waals surface area contributed by atoms with Crippen molar-refractivity contribution in [2.45, 2.75) is 26.8 Å². The van der Waals surface area contributed by atoms with Crippen LogP contribution in [0, 0.1) is 5.41 Å². The Labute approximate surface area is 172 Å². The molecule has 146 valence electrons. The zero-order valence-corrected chi connectivity index (χ0v) is 17.0. The minimum atomic E-state index is -0.907. The first kappa shape index (κ1) is 20.2. The van der Waals surface area contributed by atoms with E-state index in [-0.39, 0.29) is 22.1 Å². The summed E-state index contributed by atoms with van der Waals surface area (Å²) in [6, 6.07) is 10.1. The van der Waals surface area contributed by atoms with Crippen molar-refractivity contribution in [3.05, 3.63) is 69.4 Å². The summed E-state index contributed by atoms with van der Waals surface area (Å²) in [6.07, 6.45) is 0. The van der Waals surface area contributed by atoms with Gasteiger partial charge in [0.2, 0.25) is 0 Å². The molecule has 0 saturated heterocycles. The molecule has 1 amide bonds. The van der Waals surface area contributed by atoms with Crippen LogP contribution in [0.15, 0.2) is 53.8 Å². The summed E-state index contributed by atoms with van der Waals surface area (Å²) in [7, 11) is 0. The van der Waals surface area contributed by atoms with Crippen LogP contribution in [0.25, 0.3) is 0 Å². The number of benzene rings is 2. The molecule has 1 atom stereocenters. The number of hydrogen-bond donors (Lipinski definition) is 2. The fraction of sp³-hybridized carbons (Fsp3) is 0.238.